The fourth-order valence-corrected chi connectivity index (χ4v) is 3.24. The zero-order chi connectivity index (χ0) is 19.4. The molecule has 27 heavy (non-hydrogen) atoms. The average Bonchev–Trinajstić information content (AvgIpc) is 2.72. The van der Waals surface area contributed by atoms with Gasteiger partial charge in [-0.1, -0.05) is 6.07 Å². The third-order valence-electron chi connectivity index (χ3n) is 4.57. The Labute approximate surface area is 157 Å². The normalized spacial score (nSPS) is 13.9. The number of ether oxygens (including phenoxy) is 2. The van der Waals surface area contributed by atoms with Crippen molar-refractivity contribution in [3.05, 3.63) is 59.2 Å². The number of nitrogens with zero attached hydrogens (tertiary/aromatic N) is 2. The van der Waals surface area contributed by atoms with E-state index in [2.05, 4.69) is 0 Å². The highest BCUT2D eigenvalue weighted by atomic mass is 16.5. The molecule has 1 aliphatic heterocycles. The highest BCUT2D eigenvalue weighted by Crippen LogP contribution is 2.31. The lowest BCUT2D eigenvalue weighted by molar-refractivity contribution is -0.124. The van der Waals surface area contributed by atoms with E-state index in [0.29, 0.717) is 23.4 Å². The first kappa shape index (κ1) is 18.5. The predicted octanol–water partition coefficient (Wildman–Crippen LogP) is 3.09. The molecule has 0 radical (unpaired) electrons. The van der Waals surface area contributed by atoms with Gasteiger partial charge in [0.15, 0.2) is 6.10 Å². The van der Waals surface area contributed by atoms with Crippen molar-refractivity contribution in [1.29, 1.82) is 5.26 Å². The molecule has 6 nitrogen and oxygen atoms in total. The summed E-state index contributed by atoms with van der Waals surface area (Å²) in [6.07, 6.45) is 0.775. The van der Waals surface area contributed by atoms with Crippen LogP contribution in [-0.4, -0.2) is 31.6 Å². The van der Waals surface area contributed by atoms with E-state index in [1.807, 2.05) is 12.1 Å². The molecule has 1 heterocycles. The molecule has 0 saturated heterocycles. The summed E-state index contributed by atoms with van der Waals surface area (Å²) in [7, 11) is 1.35. The minimum Gasteiger partial charge on any atom is -0.481 e. The zero-order valence-electron chi connectivity index (χ0n) is 15.3. The second kappa shape index (κ2) is 7.92. The van der Waals surface area contributed by atoms with E-state index in [-0.39, 0.29) is 5.91 Å². The van der Waals surface area contributed by atoms with Crippen LogP contribution in [0.25, 0.3) is 0 Å². The number of carbonyl (C=O) groups is 2. The Morgan fingerprint density at radius 3 is 2.59 bits per heavy atom. The number of rotatable bonds is 4. The molecule has 6 heteroatoms. The van der Waals surface area contributed by atoms with Crippen molar-refractivity contribution in [3.63, 3.8) is 0 Å². The van der Waals surface area contributed by atoms with Crippen molar-refractivity contribution in [2.24, 2.45) is 0 Å². The van der Waals surface area contributed by atoms with E-state index >= 15 is 0 Å². The number of fused-ring (bicyclic) bond motifs is 1. The van der Waals surface area contributed by atoms with Gasteiger partial charge in [-0.2, -0.15) is 5.26 Å². The number of carbonyl (C=O) groups excluding carboxylic acids is 2. The average molecular weight is 364 g/mol. The number of anilines is 1. The van der Waals surface area contributed by atoms with E-state index in [1.54, 1.807) is 48.2 Å². The largest absolute Gasteiger partial charge is 0.481 e. The van der Waals surface area contributed by atoms with Gasteiger partial charge >= 0.3 is 5.97 Å². The van der Waals surface area contributed by atoms with Crippen molar-refractivity contribution < 1.29 is 19.1 Å². The van der Waals surface area contributed by atoms with Crippen LogP contribution >= 0.6 is 0 Å². The van der Waals surface area contributed by atoms with Crippen molar-refractivity contribution in [2.75, 3.05) is 18.6 Å². The van der Waals surface area contributed by atoms with Gasteiger partial charge in [-0.05, 0) is 61.7 Å². The summed E-state index contributed by atoms with van der Waals surface area (Å²) in [5.41, 5.74) is 2.58. The van der Waals surface area contributed by atoms with Crippen LogP contribution in [0.5, 0.6) is 5.75 Å². The fourth-order valence-electron chi connectivity index (χ4n) is 3.24. The van der Waals surface area contributed by atoms with Gasteiger partial charge in [0.2, 0.25) is 0 Å². The van der Waals surface area contributed by atoms with Crippen LogP contribution in [0.4, 0.5) is 5.69 Å². The minimum atomic E-state index is -0.703. The van der Waals surface area contributed by atoms with E-state index in [9.17, 15) is 9.59 Å². The summed E-state index contributed by atoms with van der Waals surface area (Å²) >= 11 is 0. The van der Waals surface area contributed by atoms with E-state index in [4.69, 9.17) is 14.7 Å². The number of hydrogen-bond donors (Lipinski definition) is 0. The highest BCUT2D eigenvalue weighted by Gasteiger charge is 2.29. The molecule has 0 spiro atoms. The molecule has 1 aliphatic rings. The van der Waals surface area contributed by atoms with Gasteiger partial charge in [0.25, 0.3) is 5.91 Å². The molecule has 0 aliphatic carbocycles. The Bertz CT molecular complexity index is 899. The maximum Gasteiger partial charge on any atom is 0.338 e. The first-order valence-corrected chi connectivity index (χ1v) is 8.73. The number of methoxy groups -OCH3 is 1. The Balaban J connectivity index is 1.81. The van der Waals surface area contributed by atoms with Gasteiger partial charge < -0.3 is 14.4 Å². The second-order valence-corrected chi connectivity index (χ2v) is 6.28. The quantitative estimate of drug-likeness (QED) is 0.779. The molecule has 0 aromatic heterocycles. The molecule has 1 unspecified atom stereocenters. The number of nitriles is 1. The molecule has 0 bridgehead atoms. The van der Waals surface area contributed by atoms with Crippen molar-refractivity contribution in [3.8, 4) is 11.8 Å². The molecule has 0 saturated carbocycles. The van der Waals surface area contributed by atoms with Gasteiger partial charge in [0, 0.05) is 12.2 Å². The Hall–Kier alpha value is -3.33. The van der Waals surface area contributed by atoms with Gasteiger partial charge in [-0.3, -0.25) is 4.79 Å². The molecule has 0 N–H and O–H groups in total. The van der Waals surface area contributed by atoms with Crippen molar-refractivity contribution >= 4 is 17.6 Å². The topological polar surface area (TPSA) is 79.6 Å². The minimum absolute atomic E-state index is 0.178. The van der Waals surface area contributed by atoms with Crippen molar-refractivity contribution in [1.82, 2.24) is 0 Å². The molecule has 0 fully saturated rings. The molecule has 3 rings (SSSR count). The van der Waals surface area contributed by atoms with Gasteiger partial charge in [0.1, 0.15) is 5.75 Å². The molecule has 2 aromatic rings. The summed E-state index contributed by atoms with van der Waals surface area (Å²) < 4.78 is 10.6. The Morgan fingerprint density at radius 2 is 1.93 bits per heavy atom. The van der Waals surface area contributed by atoms with Crippen LogP contribution in [0.15, 0.2) is 42.5 Å². The summed E-state index contributed by atoms with van der Waals surface area (Å²) in [4.78, 5) is 26.7. The lowest BCUT2D eigenvalue weighted by Gasteiger charge is -2.32. The highest BCUT2D eigenvalue weighted by molar-refractivity contribution is 6.00. The van der Waals surface area contributed by atoms with Crippen LogP contribution in [-0.2, 0) is 16.0 Å². The number of hydrogen-bond acceptors (Lipinski definition) is 5. The van der Waals surface area contributed by atoms with E-state index < -0.39 is 12.1 Å². The predicted molar refractivity (Wildman–Crippen MR) is 99.7 cm³/mol. The van der Waals surface area contributed by atoms with Crippen LogP contribution in [0.3, 0.4) is 0 Å². The van der Waals surface area contributed by atoms with Gasteiger partial charge in [-0.15, -0.1) is 0 Å². The summed E-state index contributed by atoms with van der Waals surface area (Å²) in [5, 5.41) is 8.86. The molecular formula is C21H20N2O4. The number of amides is 1. The maximum atomic E-state index is 13.0. The molecule has 1 amide bonds. The van der Waals surface area contributed by atoms with Crippen molar-refractivity contribution in [2.45, 2.75) is 25.9 Å². The van der Waals surface area contributed by atoms with E-state index in [1.165, 1.54) is 7.11 Å². The van der Waals surface area contributed by atoms with E-state index in [0.717, 1.165) is 24.1 Å². The molecule has 138 valence electrons. The van der Waals surface area contributed by atoms with Crippen LogP contribution in [0, 0.1) is 11.3 Å². The first-order valence-electron chi connectivity index (χ1n) is 8.73. The zero-order valence-corrected chi connectivity index (χ0v) is 15.3. The number of benzene rings is 2. The second-order valence-electron chi connectivity index (χ2n) is 6.28. The monoisotopic (exact) mass is 364 g/mol. The first-order chi connectivity index (χ1) is 13.0. The third-order valence-corrected chi connectivity index (χ3v) is 4.57. The smallest absolute Gasteiger partial charge is 0.338 e. The molecule has 2 aromatic carbocycles. The summed E-state index contributed by atoms with van der Waals surface area (Å²) in [5.74, 6) is -0.0549. The summed E-state index contributed by atoms with van der Waals surface area (Å²) in [6, 6.07) is 14.0. The SMILES string of the molecule is COC(=O)c1cccc2c1CCCN2C(=O)C(C)Oc1ccc(C#N)cc1. The lowest BCUT2D eigenvalue weighted by atomic mass is 9.96. The standard InChI is InChI=1S/C21H20N2O4/c1-14(27-16-10-8-15(13-22)9-11-16)20(24)23-12-4-6-17-18(21(25)26-2)5-3-7-19(17)23/h3,5,7-11,14H,4,6,12H2,1-2H3. The fraction of sp³-hybridized carbons (Fsp3) is 0.286. The van der Waals surface area contributed by atoms with Crippen LogP contribution in [0.2, 0.25) is 0 Å². The summed E-state index contributed by atoms with van der Waals surface area (Å²) in [6.45, 7) is 2.26. The van der Waals surface area contributed by atoms with Gasteiger partial charge in [0.05, 0.1) is 24.3 Å². The number of esters is 1. The van der Waals surface area contributed by atoms with Crippen LogP contribution < -0.4 is 9.64 Å². The molecular weight excluding hydrogens is 344 g/mol. The maximum absolute atomic E-state index is 13.0. The molecule has 1 atom stereocenters. The third kappa shape index (κ3) is 3.77. The Morgan fingerprint density at radius 1 is 1.19 bits per heavy atom. The van der Waals surface area contributed by atoms with Crippen LogP contribution in [0.1, 0.15) is 34.8 Å². The Kier molecular flexibility index (Phi) is 5.41. The lowest BCUT2D eigenvalue weighted by Crippen LogP contribution is -2.43. The van der Waals surface area contributed by atoms with Gasteiger partial charge in [-0.25, -0.2) is 4.79 Å².